The van der Waals surface area contributed by atoms with Crippen molar-refractivity contribution in [3.63, 3.8) is 0 Å². The first-order valence-corrected chi connectivity index (χ1v) is 6.79. The van der Waals surface area contributed by atoms with Crippen LogP contribution in [0.25, 0.3) is 0 Å². The van der Waals surface area contributed by atoms with Crippen LogP contribution < -0.4 is 5.32 Å². The van der Waals surface area contributed by atoms with Crippen LogP contribution in [0, 0.1) is 0 Å². The minimum atomic E-state index is -0.138. The van der Waals surface area contributed by atoms with Gasteiger partial charge in [0.15, 0.2) is 0 Å². The summed E-state index contributed by atoms with van der Waals surface area (Å²) < 4.78 is 5.20. The van der Waals surface area contributed by atoms with Gasteiger partial charge in [0.25, 0.3) is 0 Å². The number of aliphatic hydroxyl groups excluding tert-OH is 1. The van der Waals surface area contributed by atoms with E-state index in [9.17, 15) is 4.79 Å². The van der Waals surface area contributed by atoms with Crippen LogP contribution in [0.4, 0.5) is 0 Å². The molecule has 0 spiro atoms. The summed E-state index contributed by atoms with van der Waals surface area (Å²) >= 11 is 0. The highest BCUT2D eigenvalue weighted by Crippen LogP contribution is 2.16. The average Bonchev–Trinajstić information content (AvgIpc) is 2.74. The van der Waals surface area contributed by atoms with Gasteiger partial charge in [-0.1, -0.05) is 0 Å². The van der Waals surface area contributed by atoms with Crippen LogP contribution in [-0.4, -0.2) is 60.9 Å². The lowest BCUT2D eigenvalue weighted by Crippen LogP contribution is -2.39. The number of carbonyl (C=O) groups is 1. The molecule has 0 bridgehead atoms. The number of nitrogens with zero attached hydrogens (tertiary/aromatic N) is 1. The van der Waals surface area contributed by atoms with E-state index in [1.807, 2.05) is 20.9 Å². The minimum Gasteiger partial charge on any atom is -0.462 e. The van der Waals surface area contributed by atoms with Crippen molar-refractivity contribution >= 4 is 5.97 Å². The van der Waals surface area contributed by atoms with Crippen LogP contribution in [0.15, 0.2) is 0 Å². The molecule has 1 fully saturated rings. The highest BCUT2D eigenvalue weighted by Gasteiger charge is 2.30. The normalized spacial score (nSPS) is 23.9. The number of esters is 1. The SMILES string of the molecule is CC(C)OC(=O)C1CCC(CCN(C)CCO)N1. The number of ether oxygens (including phenoxy) is 1. The van der Waals surface area contributed by atoms with Gasteiger partial charge in [0, 0.05) is 12.6 Å². The van der Waals surface area contributed by atoms with Crippen LogP contribution in [0.5, 0.6) is 0 Å². The third kappa shape index (κ3) is 5.33. The zero-order valence-corrected chi connectivity index (χ0v) is 11.7. The molecule has 0 aromatic rings. The average molecular weight is 258 g/mol. The van der Waals surface area contributed by atoms with Gasteiger partial charge < -0.3 is 20.1 Å². The quantitative estimate of drug-likeness (QED) is 0.646. The van der Waals surface area contributed by atoms with Gasteiger partial charge in [-0.25, -0.2) is 0 Å². The van der Waals surface area contributed by atoms with Crippen LogP contribution in [0.2, 0.25) is 0 Å². The van der Waals surface area contributed by atoms with Gasteiger partial charge in [0.2, 0.25) is 0 Å². The summed E-state index contributed by atoms with van der Waals surface area (Å²) in [6.07, 6.45) is 2.83. The van der Waals surface area contributed by atoms with E-state index in [1.165, 1.54) is 0 Å². The zero-order valence-electron chi connectivity index (χ0n) is 11.7. The van der Waals surface area contributed by atoms with Gasteiger partial charge in [0.05, 0.1) is 12.7 Å². The molecule has 1 aliphatic heterocycles. The number of likely N-dealkylation sites (N-methyl/N-ethyl adjacent to an activating group) is 1. The Balaban J connectivity index is 2.22. The van der Waals surface area contributed by atoms with Crippen molar-refractivity contribution < 1.29 is 14.6 Å². The molecule has 106 valence electrons. The molecule has 0 aliphatic carbocycles. The number of aliphatic hydroxyl groups is 1. The van der Waals surface area contributed by atoms with Gasteiger partial charge in [0.1, 0.15) is 6.04 Å². The maximum atomic E-state index is 11.7. The summed E-state index contributed by atoms with van der Waals surface area (Å²) in [6.45, 7) is 5.57. The van der Waals surface area contributed by atoms with E-state index in [1.54, 1.807) is 0 Å². The number of carbonyl (C=O) groups excluding carboxylic acids is 1. The molecule has 5 heteroatoms. The van der Waals surface area contributed by atoms with E-state index in [0.717, 1.165) is 25.8 Å². The van der Waals surface area contributed by atoms with E-state index in [4.69, 9.17) is 9.84 Å². The number of hydrogen-bond acceptors (Lipinski definition) is 5. The lowest BCUT2D eigenvalue weighted by atomic mass is 10.1. The second kappa shape index (κ2) is 7.71. The van der Waals surface area contributed by atoms with Gasteiger partial charge in [-0.2, -0.15) is 0 Å². The summed E-state index contributed by atoms with van der Waals surface area (Å²) in [5.74, 6) is -0.129. The fraction of sp³-hybridized carbons (Fsp3) is 0.923. The highest BCUT2D eigenvalue weighted by molar-refractivity contribution is 5.76. The first-order chi connectivity index (χ1) is 8.52. The molecule has 0 saturated carbocycles. The van der Waals surface area contributed by atoms with E-state index in [-0.39, 0.29) is 24.7 Å². The van der Waals surface area contributed by atoms with Crippen molar-refractivity contribution in [1.82, 2.24) is 10.2 Å². The third-order valence-electron chi connectivity index (χ3n) is 3.22. The Morgan fingerprint density at radius 3 is 2.78 bits per heavy atom. The Kier molecular flexibility index (Phi) is 6.60. The molecule has 0 aromatic heterocycles. The van der Waals surface area contributed by atoms with Crippen LogP contribution in [0.3, 0.4) is 0 Å². The van der Waals surface area contributed by atoms with Crippen molar-refractivity contribution in [1.29, 1.82) is 0 Å². The topological polar surface area (TPSA) is 61.8 Å². The van der Waals surface area contributed by atoms with E-state index >= 15 is 0 Å². The van der Waals surface area contributed by atoms with E-state index in [2.05, 4.69) is 10.2 Å². The fourth-order valence-electron chi connectivity index (χ4n) is 2.21. The molecule has 0 amide bonds. The van der Waals surface area contributed by atoms with Crippen LogP contribution >= 0.6 is 0 Å². The molecule has 2 atom stereocenters. The molecule has 1 heterocycles. The molecule has 0 aromatic carbocycles. The predicted octanol–water partition coefficient (Wildman–Crippen LogP) is 0.373. The summed E-state index contributed by atoms with van der Waals surface area (Å²) in [4.78, 5) is 13.8. The Labute approximate surface area is 109 Å². The Bertz CT molecular complexity index is 259. The minimum absolute atomic E-state index is 0.0472. The molecule has 0 radical (unpaired) electrons. The lowest BCUT2D eigenvalue weighted by molar-refractivity contribution is -0.149. The van der Waals surface area contributed by atoms with Crippen molar-refractivity contribution in [2.24, 2.45) is 0 Å². The Morgan fingerprint density at radius 2 is 2.17 bits per heavy atom. The van der Waals surface area contributed by atoms with Gasteiger partial charge in [-0.15, -0.1) is 0 Å². The zero-order chi connectivity index (χ0) is 13.5. The molecule has 2 unspecified atom stereocenters. The van der Waals surface area contributed by atoms with Crippen molar-refractivity contribution in [2.45, 2.75) is 51.3 Å². The van der Waals surface area contributed by atoms with Crippen molar-refractivity contribution in [3.05, 3.63) is 0 Å². The number of hydrogen-bond donors (Lipinski definition) is 2. The monoisotopic (exact) mass is 258 g/mol. The first-order valence-electron chi connectivity index (χ1n) is 6.79. The van der Waals surface area contributed by atoms with E-state index in [0.29, 0.717) is 12.6 Å². The van der Waals surface area contributed by atoms with Crippen molar-refractivity contribution in [3.8, 4) is 0 Å². The number of nitrogens with one attached hydrogen (secondary N) is 1. The van der Waals surface area contributed by atoms with Crippen LogP contribution in [-0.2, 0) is 9.53 Å². The van der Waals surface area contributed by atoms with Gasteiger partial charge in [-0.3, -0.25) is 4.79 Å². The fourth-order valence-corrected chi connectivity index (χ4v) is 2.21. The van der Waals surface area contributed by atoms with Gasteiger partial charge >= 0.3 is 5.97 Å². The smallest absolute Gasteiger partial charge is 0.323 e. The summed E-state index contributed by atoms with van der Waals surface area (Å²) in [5.41, 5.74) is 0. The largest absolute Gasteiger partial charge is 0.462 e. The first kappa shape index (κ1) is 15.4. The standard InChI is InChI=1S/C13H26N2O3/c1-10(2)18-13(17)12-5-4-11(14-12)6-7-15(3)8-9-16/h10-12,14,16H,4-9H2,1-3H3. The van der Waals surface area contributed by atoms with Crippen molar-refractivity contribution in [2.75, 3.05) is 26.7 Å². The predicted molar refractivity (Wildman–Crippen MR) is 70.4 cm³/mol. The van der Waals surface area contributed by atoms with Gasteiger partial charge in [-0.05, 0) is 46.7 Å². The molecule has 1 aliphatic rings. The summed E-state index contributed by atoms with van der Waals surface area (Å²) in [6, 6.07) is 0.247. The molecule has 2 N–H and O–H groups in total. The molecule has 1 saturated heterocycles. The molecule has 18 heavy (non-hydrogen) atoms. The number of rotatable bonds is 7. The highest BCUT2D eigenvalue weighted by atomic mass is 16.5. The second-order valence-electron chi connectivity index (χ2n) is 5.29. The van der Waals surface area contributed by atoms with E-state index < -0.39 is 0 Å². The molecular formula is C13H26N2O3. The second-order valence-corrected chi connectivity index (χ2v) is 5.29. The Hall–Kier alpha value is -0.650. The summed E-state index contributed by atoms with van der Waals surface area (Å²) in [7, 11) is 2.00. The molecule has 5 nitrogen and oxygen atoms in total. The maximum Gasteiger partial charge on any atom is 0.323 e. The maximum absolute atomic E-state index is 11.7. The lowest BCUT2D eigenvalue weighted by Gasteiger charge is -2.19. The molecule has 1 rings (SSSR count). The molecular weight excluding hydrogens is 232 g/mol. The summed E-state index contributed by atoms with van der Waals surface area (Å²) in [5, 5.41) is 12.1. The Morgan fingerprint density at radius 1 is 1.44 bits per heavy atom. The van der Waals surface area contributed by atoms with Crippen LogP contribution in [0.1, 0.15) is 33.1 Å². The third-order valence-corrected chi connectivity index (χ3v) is 3.22.